The van der Waals surface area contributed by atoms with E-state index < -0.39 is 0 Å². The lowest BCUT2D eigenvalue weighted by Gasteiger charge is -2.22. The molecule has 1 saturated heterocycles. The summed E-state index contributed by atoms with van der Waals surface area (Å²) in [5.74, 6) is 0.878. The van der Waals surface area contributed by atoms with Gasteiger partial charge >= 0.3 is 0 Å². The minimum absolute atomic E-state index is 0.0225. The summed E-state index contributed by atoms with van der Waals surface area (Å²) in [6.07, 6.45) is 4.16. The van der Waals surface area contributed by atoms with Gasteiger partial charge in [-0.25, -0.2) is 0 Å². The van der Waals surface area contributed by atoms with Crippen molar-refractivity contribution in [2.75, 3.05) is 20.3 Å². The van der Waals surface area contributed by atoms with Crippen LogP contribution in [-0.4, -0.2) is 29.7 Å². The largest absolute Gasteiger partial charge is 0.497 e. The fourth-order valence-electron chi connectivity index (χ4n) is 3.27. The van der Waals surface area contributed by atoms with Gasteiger partial charge in [-0.2, -0.15) is 0 Å². The highest BCUT2D eigenvalue weighted by Gasteiger charge is 2.27. The van der Waals surface area contributed by atoms with Crippen LogP contribution in [0.5, 0.6) is 5.75 Å². The summed E-state index contributed by atoms with van der Waals surface area (Å²) in [6, 6.07) is 18.1. The molecule has 26 heavy (non-hydrogen) atoms. The van der Waals surface area contributed by atoms with E-state index in [9.17, 15) is 0 Å². The third-order valence-corrected chi connectivity index (χ3v) is 4.91. The molecule has 2 aromatic carbocycles. The number of halogens is 1. The molecule has 1 atom stereocenters. The van der Waals surface area contributed by atoms with Gasteiger partial charge in [0.05, 0.1) is 13.7 Å². The maximum Gasteiger partial charge on any atom is 0.138 e. The predicted molar refractivity (Wildman–Crippen MR) is 103 cm³/mol. The van der Waals surface area contributed by atoms with Gasteiger partial charge in [0.2, 0.25) is 0 Å². The van der Waals surface area contributed by atoms with Crippen molar-refractivity contribution in [3.8, 4) is 11.4 Å². The Labute approximate surface area is 158 Å². The lowest BCUT2D eigenvalue weighted by Crippen LogP contribution is -2.23. The van der Waals surface area contributed by atoms with Gasteiger partial charge < -0.3 is 14.0 Å². The quantitative estimate of drug-likeness (QED) is 0.654. The van der Waals surface area contributed by atoms with Crippen LogP contribution < -0.4 is 4.74 Å². The SMILES string of the molecule is COc1ccc(CN2CCOC2c2ccn(-c3ccc(Cl)cc3)c2)cc1. The van der Waals surface area contributed by atoms with Crippen LogP contribution in [0.1, 0.15) is 17.4 Å². The number of hydrogen-bond donors (Lipinski definition) is 0. The van der Waals surface area contributed by atoms with Crippen LogP contribution in [-0.2, 0) is 11.3 Å². The molecule has 134 valence electrons. The van der Waals surface area contributed by atoms with Crippen LogP contribution in [0.4, 0.5) is 0 Å². The van der Waals surface area contributed by atoms with Gasteiger partial charge in [0.15, 0.2) is 0 Å². The summed E-state index contributed by atoms with van der Waals surface area (Å²) >= 11 is 5.98. The second-order valence-corrected chi connectivity index (χ2v) is 6.81. The third-order valence-electron chi connectivity index (χ3n) is 4.66. The number of aromatic nitrogens is 1. The number of benzene rings is 2. The van der Waals surface area contributed by atoms with Gasteiger partial charge in [0, 0.05) is 41.8 Å². The van der Waals surface area contributed by atoms with Crippen molar-refractivity contribution in [3.63, 3.8) is 0 Å². The molecule has 3 aromatic rings. The van der Waals surface area contributed by atoms with Crippen molar-refractivity contribution >= 4 is 11.6 Å². The Kier molecular flexibility index (Phi) is 4.98. The van der Waals surface area contributed by atoms with Crippen LogP contribution in [0.25, 0.3) is 5.69 Å². The molecule has 0 amide bonds. The average Bonchev–Trinajstić information content (AvgIpc) is 3.32. The normalized spacial score (nSPS) is 17.5. The molecule has 0 spiro atoms. The first kappa shape index (κ1) is 17.2. The van der Waals surface area contributed by atoms with Gasteiger partial charge in [-0.3, -0.25) is 4.90 Å². The van der Waals surface area contributed by atoms with E-state index in [0.29, 0.717) is 0 Å². The molecule has 0 aliphatic carbocycles. The van der Waals surface area contributed by atoms with Crippen molar-refractivity contribution in [2.24, 2.45) is 0 Å². The van der Waals surface area contributed by atoms with Gasteiger partial charge in [-0.15, -0.1) is 0 Å². The molecule has 1 unspecified atom stereocenters. The van der Waals surface area contributed by atoms with E-state index in [-0.39, 0.29) is 6.23 Å². The Hall–Kier alpha value is -2.27. The van der Waals surface area contributed by atoms with E-state index in [1.165, 1.54) is 5.56 Å². The Balaban J connectivity index is 1.50. The molecule has 1 aliphatic heterocycles. The van der Waals surface area contributed by atoms with Gasteiger partial charge in [-0.05, 0) is 48.0 Å². The number of rotatable bonds is 5. The molecular formula is C21H21ClN2O2. The summed E-state index contributed by atoms with van der Waals surface area (Å²) in [4.78, 5) is 2.35. The Bertz CT molecular complexity index is 858. The summed E-state index contributed by atoms with van der Waals surface area (Å²) in [6.45, 7) is 2.51. The monoisotopic (exact) mass is 368 g/mol. The fraction of sp³-hybridized carbons (Fsp3) is 0.238. The third kappa shape index (κ3) is 3.63. The smallest absolute Gasteiger partial charge is 0.138 e. The Morgan fingerprint density at radius 3 is 2.58 bits per heavy atom. The molecule has 0 radical (unpaired) electrons. The molecule has 4 rings (SSSR count). The van der Waals surface area contributed by atoms with Crippen molar-refractivity contribution in [3.05, 3.63) is 83.1 Å². The maximum absolute atomic E-state index is 6.00. The van der Waals surface area contributed by atoms with Crippen molar-refractivity contribution < 1.29 is 9.47 Å². The second-order valence-electron chi connectivity index (χ2n) is 6.37. The Morgan fingerprint density at radius 1 is 1.08 bits per heavy atom. The minimum Gasteiger partial charge on any atom is -0.497 e. The van der Waals surface area contributed by atoms with Gasteiger partial charge in [-0.1, -0.05) is 23.7 Å². The van der Waals surface area contributed by atoms with E-state index in [1.54, 1.807) is 7.11 Å². The lowest BCUT2D eigenvalue weighted by atomic mass is 10.2. The molecule has 1 aromatic heterocycles. The zero-order valence-electron chi connectivity index (χ0n) is 14.6. The van der Waals surface area contributed by atoms with Gasteiger partial charge in [0.1, 0.15) is 12.0 Å². The molecule has 0 N–H and O–H groups in total. The highest BCUT2D eigenvalue weighted by Crippen LogP contribution is 2.30. The summed E-state index contributed by atoms with van der Waals surface area (Å²) in [5, 5.41) is 0.742. The number of nitrogens with zero attached hydrogens (tertiary/aromatic N) is 2. The molecule has 1 aliphatic rings. The predicted octanol–water partition coefficient (Wildman–Crippen LogP) is 4.67. The van der Waals surface area contributed by atoms with Crippen molar-refractivity contribution in [1.82, 2.24) is 9.47 Å². The molecule has 4 nitrogen and oxygen atoms in total. The fourth-order valence-corrected chi connectivity index (χ4v) is 3.40. The minimum atomic E-state index is -0.0225. The molecular weight excluding hydrogens is 348 g/mol. The van der Waals surface area contributed by atoms with Crippen molar-refractivity contribution in [1.29, 1.82) is 0 Å². The summed E-state index contributed by atoms with van der Waals surface area (Å²) < 4.78 is 13.3. The highest BCUT2D eigenvalue weighted by atomic mass is 35.5. The molecule has 0 saturated carbocycles. The van der Waals surface area contributed by atoms with E-state index in [0.717, 1.165) is 41.7 Å². The van der Waals surface area contributed by atoms with Crippen LogP contribution in [0.2, 0.25) is 5.02 Å². The van der Waals surface area contributed by atoms with Crippen LogP contribution in [0, 0.1) is 0 Å². The highest BCUT2D eigenvalue weighted by molar-refractivity contribution is 6.30. The number of hydrogen-bond acceptors (Lipinski definition) is 3. The first-order chi connectivity index (χ1) is 12.7. The van der Waals surface area contributed by atoms with Crippen LogP contribution in [0.3, 0.4) is 0 Å². The van der Waals surface area contributed by atoms with Gasteiger partial charge in [0.25, 0.3) is 0 Å². The van der Waals surface area contributed by atoms with E-state index >= 15 is 0 Å². The summed E-state index contributed by atoms with van der Waals surface area (Å²) in [5.41, 5.74) is 3.49. The van der Waals surface area contributed by atoms with E-state index in [1.807, 2.05) is 36.4 Å². The molecule has 0 bridgehead atoms. The zero-order valence-corrected chi connectivity index (χ0v) is 15.4. The van der Waals surface area contributed by atoms with Crippen LogP contribution in [0.15, 0.2) is 67.0 Å². The maximum atomic E-state index is 6.00. The van der Waals surface area contributed by atoms with Crippen LogP contribution >= 0.6 is 11.6 Å². The standard InChI is InChI=1S/C21H21ClN2O2/c1-25-20-8-2-16(3-9-20)14-24-12-13-26-21(24)17-10-11-23(15-17)19-6-4-18(22)5-7-19/h2-11,15,21H,12-14H2,1H3. The van der Waals surface area contributed by atoms with E-state index in [4.69, 9.17) is 21.1 Å². The van der Waals surface area contributed by atoms with E-state index in [2.05, 4.69) is 40.1 Å². The number of methoxy groups -OCH3 is 1. The topological polar surface area (TPSA) is 26.6 Å². The first-order valence-corrected chi connectivity index (χ1v) is 9.03. The zero-order chi connectivity index (χ0) is 17.9. The summed E-state index contributed by atoms with van der Waals surface area (Å²) in [7, 11) is 1.69. The molecule has 2 heterocycles. The van der Waals surface area contributed by atoms with Crippen molar-refractivity contribution in [2.45, 2.75) is 12.8 Å². The first-order valence-electron chi connectivity index (χ1n) is 8.65. The Morgan fingerprint density at radius 2 is 1.85 bits per heavy atom. The molecule has 1 fully saturated rings. The molecule has 5 heteroatoms. The number of ether oxygens (including phenoxy) is 2. The lowest BCUT2D eigenvalue weighted by molar-refractivity contribution is 0.0288. The second kappa shape index (κ2) is 7.54. The average molecular weight is 369 g/mol.